The molecular formula is C11H15NO3S2. The molecule has 1 aromatic carbocycles. The Morgan fingerprint density at radius 2 is 2.00 bits per heavy atom. The first-order valence-corrected chi connectivity index (χ1v) is 7.74. The highest BCUT2D eigenvalue weighted by molar-refractivity contribution is 8.01. The van der Waals surface area contributed by atoms with Crippen LogP contribution in [0.1, 0.15) is 26.7 Å². The van der Waals surface area contributed by atoms with Crippen molar-refractivity contribution in [1.29, 1.82) is 0 Å². The van der Waals surface area contributed by atoms with Crippen LogP contribution in [0.4, 0.5) is 5.69 Å². The number of hydrogen-bond acceptors (Lipinski definition) is 4. The molecule has 1 aromatic rings. The molecule has 0 bridgehead atoms. The Morgan fingerprint density at radius 1 is 1.35 bits per heavy atom. The lowest BCUT2D eigenvalue weighted by atomic mass is 10.1. The van der Waals surface area contributed by atoms with Crippen LogP contribution in [0.5, 0.6) is 0 Å². The molecule has 0 saturated carbocycles. The van der Waals surface area contributed by atoms with E-state index in [-0.39, 0.29) is 9.77 Å². The summed E-state index contributed by atoms with van der Waals surface area (Å²) in [4.78, 5) is 0.776. The van der Waals surface area contributed by atoms with Gasteiger partial charge in [0.25, 0.3) is 10.1 Å². The van der Waals surface area contributed by atoms with Crippen LogP contribution in [0.2, 0.25) is 0 Å². The van der Waals surface area contributed by atoms with Gasteiger partial charge in [-0.15, -0.1) is 0 Å². The van der Waals surface area contributed by atoms with E-state index < -0.39 is 10.1 Å². The smallest absolute Gasteiger partial charge is 0.294 e. The van der Waals surface area contributed by atoms with Crippen LogP contribution < -0.4 is 5.32 Å². The quantitative estimate of drug-likeness (QED) is 0.829. The molecule has 0 fully saturated rings. The Balaban J connectivity index is 2.41. The van der Waals surface area contributed by atoms with Crippen LogP contribution >= 0.6 is 11.8 Å². The Kier molecular flexibility index (Phi) is 3.14. The lowest BCUT2D eigenvalue weighted by Gasteiger charge is -2.25. The Hall–Kier alpha value is -0.720. The normalized spacial score (nSPS) is 17.6. The summed E-state index contributed by atoms with van der Waals surface area (Å²) in [6.45, 7) is 4.19. The zero-order valence-electron chi connectivity index (χ0n) is 9.73. The average Bonchev–Trinajstić information content (AvgIpc) is 2.66. The molecule has 2 rings (SSSR count). The van der Waals surface area contributed by atoms with Crippen molar-refractivity contribution in [3.05, 3.63) is 18.2 Å². The van der Waals surface area contributed by atoms with Gasteiger partial charge in [0.15, 0.2) is 0 Å². The van der Waals surface area contributed by atoms with Gasteiger partial charge in [-0.3, -0.25) is 4.55 Å². The molecule has 6 heteroatoms. The summed E-state index contributed by atoms with van der Waals surface area (Å²) < 4.78 is 31.1. The van der Waals surface area contributed by atoms with E-state index in [1.54, 1.807) is 17.8 Å². The van der Waals surface area contributed by atoms with Gasteiger partial charge in [-0.1, -0.05) is 25.6 Å². The molecule has 0 aromatic heterocycles. The molecular weight excluding hydrogens is 258 g/mol. The van der Waals surface area contributed by atoms with Crippen molar-refractivity contribution in [2.45, 2.75) is 41.4 Å². The molecule has 0 saturated heterocycles. The van der Waals surface area contributed by atoms with Crippen molar-refractivity contribution >= 4 is 27.6 Å². The van der Waals surface area contributed by atoms with Gasteiger partial charge in [0.2, 0.25) is 0 Å². The Labute approximate surface area is 106 Å². The zero-order chi connectivity index (χ0) is 12.7. The summed E-state index contributed by atoms with van der Waals surface area (Å²) in [5.74, 6) is 0. The molecule has 1 aliphatic heterocycles. The minimum Gasteiger partial charge on any atom is -0.369 e. The summed E-state index contributed by atoms with van der Waals surface area (Å²) in [5, 5.41) is 3.41. The summed E-state index contributed by atoms with van der Waals surface area (Å²) in [6.07, 6.45) is 1.90. The van der Waals surface area contributed by atoms with E-state index in [0.717, 1.165) is 23.4 Å². The molecule has 1 aliphatic rings. The summed E-state index contributed by atoms with van der Waals surface area (Å²) >= 11 is 1.63. The summed E-state index contributed by atoms with van der Waals surface area (Å²) in [7, 11) is -4.12. The molecule has 0 radical (unpaired) electrons. The van der Waals surface area contributed by atoms with E-state index in [4.69, 9.17) is 4.55 Å². The standard InChI is InChI=1S/C11H15NO3S2/c1-3-11(4-2)12-9-6-5-8(17(13,14)15)7-10(9)16-11/h5-7,12H,3-4H2,1-2H3,(H,13,14,15). The Morgan fingerprint density at radius 3 is 2.53 bits per heavy atom. The topological polar surface area (TPSA) is 66.4 Å². The highest BCUT2D eigenvalue weighted by Crippen LogP contribution is 2.49. The van der Waals surface area contributed by atoms with Crippen LogP contribution in [0.25, 0.3) is 0 Å². The van der Waals surface area contributed by atoms with E-state index >= 15 is 0 Å². The third kappa shape index (κ3) is 2.29. The van der Waals surface area contributed by atoms with Gasteiger partial charge in [-0.05, 0) is 31.0 Å². The van der Waals surface area contributed by atoms with Gasteiger partial charge >= 0.3 is 0 Å². The highest BCUT2D eigenvalue weighted by Gasteiger charge is 2.34. The van der Waals surface area contributed by atoms with Crippen molar-refractivity contribution in [3.63, 3.8) is 0 Å². The molecule has 94 valence electrons. The average molecular weight is 273 g/mol. The van der Waals surface area contributed by atoms with Gasteiger partial charge in [0.05, 0.1) is 9.77 Å². The largest absolute Gasteiger partial charge is 0.369 e. The molecule has 0 atom stereocenters. The number of rotatable bonds is 3. The molecule has 1 heterocycles. The fourth-order valence-electron chi connectivity index (χ4n) is 1.90. The molecule has 4 nitrogen and oxygen atoms in total. The molecule has 0 unspecified atom stereocenters. The van der Waals surface area contributed by atoms with Gasteiger partial charge in [-0.2, -0.15) is 8.42 Å². The summed E-state index contributed by atoms with van der Waals surface area (Å²) in [6, 6.07) is 4.65. The van der Waals surface area contributed by atoms with Crippen molar-refractivity contribution in [2.24, 2.45) is 0 Å². The fraction of sp³-hybridized carbons (Fsp3) is 0.455. The van der Waals surface area contributed by atoms with Gasteiger partial charge in [0, 0.05) is 10.6 Å². The third-order valence-electron chi connectivity index (χ3n) is 3.06. The fourth-order valence-corrected chi connectivity index (χ4v) is 3.77. The number of hydrogen-bond donors (Lipinski definition) is 2. The van der Waals surface area contributed by atoms with Crippen molar-refractivity contribution in [2.75, 3.05) is 5.32 Å². The van der Waals surface area contributed by atoms with Crippen molar-refractivity contribution in [1.82, 2.24) is 0 Å². The van der Waals surface area contributed by atoms with E-state index in [9.17, 15) is 8.42 Å². The second-order valence-corrected chi connectivity index (χ2v) is 6.91. The third-order valence-corrected chi connectivity index (χ3v) is 5.54. The van der Waals surface area contributed by atoms with Crippen molar-refractivity contribution < 1.29 is 13.0 Å². The number of nitrogens with one attached hydrogen (secondary N) is 1. The maximum atomic E-state index is 11.1. The van der Waals surface area contributed by atoms with E-state index in [1.807, 2.05) is 0 Å². The number of fused-ring (bicyclic) bond motifs is 1. The second-order valence-electron chi connectivity index (χ2n) is 4.06. The Bertz CT molecular complexity index is 536. The van der Waals surface area contributed by atoms with Crippen LogP contribution in [0.3, 0.4) is 0 Å². The molecule has 0 spiro atoms. The minimum atomic E-state index is -4.12. The van der Waals surface area contributed by atoms with E-state index in [1.165, 1.54) is 12.1 Å². The van der Waals surface area contributed by atoms with Gasteiger partial charge in [-0.25, -0.2) is 0 Å². The van der Waals surface area contributed by atoms with Crippen LogP contribution in [-0.2, 0) is 10.1 Å². The van der Waals surface area contributed by atoms with Crippen LogP contribution in [-0.4, -0.2) is 17.8 Å². The number of thioether (sulfide) groups is 1. The minimum absolute atomic E-state index is 0.0476. The molecule has 17 heavy (non-hydrogen) atoms. The summed E-state index contributed by atoms with van der Waals surface area (Å²) in [5.41, 5.74) is 0.936. The van der Waals surface area contributed by atoms with E-state index in [2.05, 4.69) is 19.2 Å². The first-order valence-electron chi connectivity index (χ1n) is 5.49. The highest BCUT2D eigenvalue weighted by atomic mass is 32.2. The van der Waals surface area contributed by atoms with Crippen LogP contribution in [0, 0.1) is 0 Å². The lowest BCUT2D eigenvalue weighted by molar-refractivity contribution is 0.483. The maximum absolute atomic E-state index is 11.1. The molecule has 2 N–H and O–H groups in total. The second kappa shape index (κ2) is 4.19. The van der Waals surface area contributed by atoms with Crippen molar-refractivity contribution in [3.8, 4) is 0 Å². The van der Waals surface area contributed by atoms with Crippen LogP contribution in [0.15, 0.2) is 28.0 Å². The number of benzene rings is 1. The predicted molar refractivity (Wildman–Crippen MR) is 69.0 cm³/mol. The number of anilines is 1. The predicted octanol–water partition coefficient (Wildman–Crippen LogP) is 2.97. The monoisotopic (exact) mass is 273 g/mol. The van der Waals surface area contributed by atoms with Gasteiger partial charge in [0.1, 0.15) is 0 Å². The van der Waals surface area contributed by atoms with E-state index in [0.29, 0.717) is 0 Å². The lowest BCUT2D eigenvalue weighted by Crippen LogP contribution is -2.28. The first kappa shape index (κ1) is 12.7. The molecule has 0 amide bonds. The SMILES string of the molecule is CCC1(CC)Nc2ccc(S(=O)(=O)O)cc2S1. The maximum Gasteiger partial charge on any atom is 0.294 e. The molecule has 0 aliphatic carbocycles. The van der Waals surface area contributed by atoms with Gasteiger partial charge < -0.3 is 5.32 Å². The first-order chi connectivity index (χ1) is 7.90. The zero-order valence-corrected chi connectivity index (χ0v) is 11.4.